The topological polar surface area (TPSA) is 36.8 Å². The van der Waals surface area contributed by atoms with E-state index in [1.54, 1.807) is 0 Å². The molecule has 8 aromatic carbocycles. The maximum atomic E-state index is 5.20. The predicted octanol–water partition coefficient (Wildman–Crippen LogP) is 12.0. The van der Waals surface area contributed by atoms with E-state index < -0.39 is 0 Å². The lowest BCUT2D eigenvalue weighted by molar-refractivity contribution is 0.674. The fraction of sp³-hybridized carbons (Fsp3) is 0.0204. The molecule has 0 bridgehead atoms. The molecule has 0 radical (unpaired) electrons. The van der Waals surface area contributed by atoms with Crippen molar-refractivity contribution in [3.63, 3.8) is 0 Å². The molecule has 0 aliphatic carbocycles. The van der Waals surface area contributed by atoms with Crippen LogP contribution in [0.3, 0.4) is 0 Å². The van der Waals surface area contributed by atoms with Gasteiger partial charge in [-0.05, 0) is 66.9 Å². The van der Waals surface area contributed by atoms with Crippen molar-refractivity contribution >= 4 is 22.4 Å². The fourth-order valence-electron chi connectivity index (χ4n) is 7.09. The highest BCUT2D eigenvalue weighted by molar-refractivity contribution is 6.13. The van der Waals surface area contributed by atoms with E-state index in [1.165, 1.54) is 49.7 Å². The van der Waals surface area contributed by atoms with Crippen LogP contribution < -0.4 is 5.32 Å². The molecule has 3 heteroatoms. The average molecular weight is 666 g/mol. The Morgan fingerprint density at radius 3 is 1.56 bits per heavy atom. The van der Waals surface area contributed by atoms with Crippen molar-refractivity contribution in [2.75, 3.05) is 0 Å². The van der Waals surface area contributed by atoms with Gasteiger partial charge in [0.1, 0.15) is 12.0 Å². The first-order valence-corrected chi connectivity index (χ1v) is 17.7. The Morgan fingerprint density at radius 1 is 0.385 bits per heavy atom. The normalized spacial score (nSPS) is 14.0. The van der Waals surface area contributed by atoms with Crippen LogP contribution in [0.15, 0.2) is 210 Å². The summed E-state index contributed by atoms with van der Waals surface area (Å²) < 4.78 is 0. The number of benzene rings is 8. The highest BCUT2D eigenvalue weighted by atomic mass is 15.2. The van der Waals surface area contributed by atoms with Crippen molar-refractivity contribution in [3.8, 4) is 44.5 Å². The van der Waals surface area contributed by atoms with Gasteiger partial charge in [0.25, 0.3) is 0 Å². The molecule has 1 unspecified atom stereocenters. The number of hydrogen-bond acceptors (Lipinski definition) is 3. The van der Waals surface area contributed by atoms with Gasteiger partial charge in [-0.3, -0.25) is 0 Å². The summed E-state index contributed by atoms with van der Waals surface area (Å²) in [4.78, 5) is 10.3. The van der Waals surface area contributed by atoms with Crippen molar-refractivity contribution in [1.82, 2.24) is 5.32 Å². The van der Waals surface area contributed by atoms with Gasteiger partial charge < -0.3 is 5.32 Å². The molecule has 8 aromatic rings. The van der Waals surface area contributed by atoms with E-state index in [-0.39, 0.29) is 6.17 Å². The summed E-state index contributed by atoms with van der Waals surface area (Å²) in [6.45, 7) is 0. The van der Waals surface area contributed by atoms with Crippen molar-refractivity contribution in [2.24, 2.45) is 9.98 Å². The van der Waals surface area contributed by atoms with E-state index in [4.69, 9.17) is 9.98 Å². The average Bonchev–Trinajstić information content (AvgIpc) is 3.24. The van der Waals surface area contributed by atoms with Crippen LogP contribution in [0.1, 0.15) is 22.9 Å². The molecular formula is C49H35N3. The number of amidine groups is 2. The molecule has 1 heterocycles. The monoisotopic (exact) mass is 665 g/mol. The lowest BCUT2D eigenvalue weighted by Gasteiger charge is -2.24. The molecule has 52 heavy (non-hydrogen) atoms. The third-order valence-electron chi connectivity index (χ3n) is 9.76. The number of nitrogens with zero attached hydrogens (tertiary/aromatic N) is 2. The number of rotatable bonds is 7. The first-order chi connectivity index (χ1) is 25.8. The minimum absolute atomic E-state index is 0.333. The van der Waals surface area contributed by atoms with Gasteiger partial charge >= 0.3 is 0 Å². The number of fused-ring (bicyclic) bond motifs is 1. The van der Waals surface area contributed by atoms with Crippen LogP contribution in [-0.4, -0.2) is 11.7 Å². The van der Waals surface area contributed by atoms with Crippen molar-refractivity contribution < 1.29 is 0 Å². The summed E-state index contributed by atoms with van der Waals surface area (Å²) in [7, 11) is 0. The van der Waals surface area contributed by atoms with Gasteiger partial charge in [-0.1, -0.05) is 194 Å². The van der Waals surface area contributed by atoms with Crippen LogP contribution in [0.5, 0.6) is 0 Å². The Morgan fingerprint density at radius 2 is 0.904 bits per heavy atom. The van der Waals surface area contributed by atoms with Crippen LogP contribution in [0.4, 0.5) is 0 Å². The van der Waals surface area contributed by atoms with E-state index in [2.05, 4.69) is 181 Å². The molecule has 1 N–H and O–H groups in total. The van der Waals surface area contributed by atoms with E-state index in [9.17, 15) is 0 Å². The molecule has 1 aliphatic rings. The van der Waals surface area contributed by atoms with E-state index >= 15 is 0 Å². The lowest BCUT2D eigenvalue weighted by atomic mass is 9.88. The zero-order valence-corrected chi connectivity index (χ0v) is 28.5. The summed E-state index contributed by atoms with van der Waals surface area (Å²) in [6.07, 6.45) is -0.333. The molecule has 1 aliphatic heterocycles. The van der Waals surface area contributed by atoms with Crippen molar-refractivity contribution in [3.05, 3.63) is 217 Å². The van der Waals surface area contributed by atoms with Crippen LogP contribution in [0, 0.1) is 0 Å². The van der Waals surface area contributed by atoms with Crippen LogP contribution in [0.25, 0.3) is 55.3 Å². The largest absolute Gasteiger partial charge is 0.344 e. The number of hydrogen-bond donors (Lipinski definition) is 1. The van der Waals surface area contributed by atoms with Gasteiger partial charge in [-0.15, -0.1) is 0 Å². The quantitative estimate of drug-likeness (QED) is 0.181. The van der Waals surface area contributed by atoms with Gasteiger partial charge in [-0.2, -0.15) is 0 Å². The second-order valence-electron chi connectivity index (χ2n) is 13.0. The van der Waals surface area contributed by atoms with E-state index in [0.29, 0.717) is 5.84 Å². The summed E-state index contributed by atoms with van der Waals surface area (Å²) in [6, 6.07) is 70.7. The van der Waals surface area contributed by atoms with Gasteiger partial charge in [0, 0.05) is 11.1 Å². The Balaban J connectivity index is 1.12. The summed E-state index contributed by atoms with van der Waals surface area (Å²) in [5.74, 6) is 1.51. The maximum absolute atomic E-state index is 5.20. The van der Waals surface area contributed by atoms with Gasteiger partial charge in [0.05, 0.1) is 0 Å². The van der Waals surface area contributed by atoms with Crippen LogP contribution in [0.2, 0.25) is 0 Å². The van der Waals surface area contributed by atoms with Crippen molar-refractivity contribution in [1.29, 1.82) is 0 Å². The Labute approximate surface area is 304 Å². The zero-order valence-electron chi connectivity index (χ0n) is 28.5. The molecule has 1 atom stereocenters. The molecule has 9 rings (SSSR count). The van der Waals surface area contributed by atoms with Crippen LogP contribution >= 0.6 is 0 Å². The Bertz CT molecular complexity index is 2550. The molecule has 0 aromatic heterocycles. The number of aliphatic imine (C=N–C) groups is 2. The molecule has 246 valence electrons. The first-order valence-electron chi connectivity index (χ1n) is 17.7. The molecule has 0 fully saturated rings. The first kappa shape index (κ1) is 31.2. The summed E-state index contributed by atoms with van der Waals surface area (Å²) in [5.41, 5.74) is 12.6. The van der Waals surface area contributed by atoms with Gasteiger partial charge in [0.2, 0.25) is 0 Å². The van der Waals surface area contributed by atoms with E-state index in [1.807, 2.05) is 24.3 Å². The third kappa shape index (κ3) is 6.21. The Hall–Kier alpha value is -6.84. The number of nitrogens with one attached hydrogen (secondary N) is 1. The smallest absolute Gasteiger partial charge is 0.159 e. The zero-order chi connectivity index (χ0) is 34.7. The standard InChI is InChI=1S/C49H35N3/c1-4-13-34(14-5-1)36-23-27-39(28-24-36)45-32-31-38-17-10-11-22-44(38)46(45)42-20-12-21-43(33-42)49-51-47(40-18-8-3-9-19-40)50-48(52-49)41-29-25-37(26-30-41)35-15-6-2-7-16-35/h1-33,49H,(H,50,51,52). The third-order valence-corrected chi connectivity index (χ3v) is 9.76. The summed E-state index contributed by atoms with van der Waals surface area (Å²) >= 11 is 0. The molecule has 0 saturated heterocycles. The second kappa shape index (κ2) is 13.8. The Kier molecular flexibility index (Phi) is 8.28. The highest BCUT2D eigenvalue weighted by Gasteiger charge is 2.22. The minimum Gasteiger partial charge on any atom is -0.344 e. The molecule has 0 saturated carbocycles. The second-order valence-corrected chi connectivity index (χ2v) is 13.0. The van der Waals surface area contributed by atoms with Gasteiger partial charge in [-0.25, -0.2) is 9.98 Å². The molecular weight excluding hydrogens is 631 g/mol. The SMILES string of the molecule is c1ccc(C2=NC(c3cccc(-c4c(-c5ccc(-c6ccccc6)cc5)ccc5ccccc45)c3)NC(c3ccc(-c4ccccc4)cc3)=N2)cc1. The lowest BCUT2D eigenvalue weighted by Crippen LogP contribution is -2.33. The van der Waals surface area contributed by atoms with E-state index in [0.717, 1.165) is 28.1 Å². The van der Waals surface area contributed by atoms with Crippen molar-refractivity contribution in [2.45, 2.75) is 6.17 Å². The van der Waals surface area contributed by atoms with Crippen LogP contribution in [-0.2, 0) is 0 Å². The minimum atomic E-state index is -0.333. The molecule has 3 nitrogen and oxygen atoms in total. The summed E-state index contributed by atoms with van der Waals surface area (Å²) in [5, 5.41) is 6.12. The molecule has 0 amide bonds. The molecule has 0 spiro atoms. The van der Waals surface area contributed by atoms with Gasteiger partial charge in [0.15, 0.2) is 5.84 Å². The maximum Gasteiger partial charge on any atom is 0.159 e. The predicted molar refractivity (Wildman–Crippen MR) is 218 cm³/mol. The highest BCUT2D eigenvalue weighted by Crippen LogP contribution is 2.40. The fourth-order valence-corrected chi connectivity index (χ4v) is 7.09.